The van der Waals surface area contributed by atoms with Gasteiger partial charge in [0.05, 0.1) is 11.3 Å². The first kappa shape index (κ1) is 15.2. The van der Waals surface area contributed by atoms with Gasteiger partial charge in [-0.25, -0.2) is 4.98 Å². The van der Waals surface area contributed by atoms with E-state index in [1.807, 2.05) is 25.1 Å². The molecule has 112 valence electrons. The Morgan fingerprint density at radius 3 is 2.57 bits per heavy atom. The first-order valence-corrected chi connectivity index (χ1v) is 6.40. The zero-order valence-corrected chi connectivity index (χ0v) is 11.8. The fourth-order valence-electron chi connectivity index (χ4n) is 1.95. The van der Waals surface area contributed by atoms with E-state index in [0.717, 1.165) is 23.6 Å². The number of rotatable bonds is 4. The summed E-state index contributed by atoms with van der Waals surface area (Å²) in [6, 6.07) is 8.92. The Balaban J connectivity index is 2.14. The number of hydrogen-bond acceptors (Lipinski definition) is 3. The molecule has 0 bridgehead atoms. The summed E-state index contributed by atoms with van der Waals surface area (Å²) in [5.41, 5.74) is 0.708. The van der Waals surface area contributed by atoms with Crippen LogP contribution in [0.25, 0.3) is 0 Å². The van der Waals surface area contributed by atoms with Gasteiger partial charge in [-0.2, -0.15) is 13.2 Å². The van der Waals surface area contributed by atoms with Gasteiger partial charge in [0.2, 0.25) is 0 Å². The topological polar surface area (TPSA) is 28.2 Å². The largest absolute Gasteiger partial charge is 0.416 e. The van der Waals surface area contributed by atoms with Crippen molar-refractivity contribution in [2.24, 2.45) is 0 Å². The van der Waals surface area contributed by atoms with E-state index in [2.05, 4.69) is 10.3 Å². The fraction of sp³-hybridized carbons (Fsp3) is 0.267. The molecule has 0 aliphatic heterocycles. The van der Waals surface area contributed by atoms with Crippen LogP contribution >= 0.6 is 0 Å². The summed E-state index contributed by atoms with van der Waals surface area (Å²) in [5, 5.41) is 3.12. The number of hydrogen-bond donors (Lipinski definition) is 1. The molecule has 1 heterocycles. The van der Waals surface area contributed by atoms with Crippen LogP contribution in [0.3, 0.4) is 0 Å². The molecule has 0 unspecified atom stereocenters. The maximum Gasteiger partial charge on any atom is 0.416 e. The fourth-order valence-corrected chi connectivity index (χ4v) is 1.95. The van der Waals surface area contributed by atoms with Crippen LogP contribution in [0.15, 0.2) is 42.6 Å². The lowest BCUT2D eigenvalue weighted by atomic mass is 10.1. The van der Waals surface area contributed by atoms with Gasteiger partial charge >= 0.3 is 6.18 Å². The molecule has 0 radical (unpaired) electrons. The van der Waals surface area contributed by atoms with Crippen LogP contribution in [0.5, 0.6) is 0 Å². The zero-order chi connectivity index (χ0) is 15.5. The molecule has 3 nitrogen and oxygen atoms in total. The van der Waals surface area contributed by atoms with Crippen molar-refractivity contribution in [3.8, 4) is 0 Å². The van der Waals surface area contributed by atoms with Crippen LogP contribution in [-0.4, -0.2) is 19.1 Å². The van der Waals surface area contributed by atoms with Crippen molar-refractivity contribution >= 4 is 11.5 Å². The molecule has 0 saturated heterocycles. The second-order valence-electron chi connectivity index (χ2n) is 4.82. The molecule has 21 heavy (non-hydrogen) atoms. The van der Waals surface area contributed by atoms with Crippen molar-refractivity contribution in [3.63, 3.8) is 0 Å². The Morgan fingerprint density at radius 1 is 1.14 bits per heavy atom. The second-order valence-corrected chi connectivity index (χ2v) is 4.82. The first-order chi connectivity index (χ1) is 9.88. The average molecular weight is 295 g/mol. The van der Waals surface area contributed by atoms with Crippen LogP contribution in [0.1, 0.15) is 11.1 Å². The molecule has 1 N–H and O–H groups in total. The summed E-state index contributed by atoms with van der Waals surface area (Å²) in [5.74, 6) is 0.740. The number of benzene rings is 1. The third-order valence-electron chi connectivity index (χ3n) is 2.95. The summed E-state index contributed by atoms with van der Waals surface area (Å²) < 4.78 is 38.0. The second kappa shape index (κ2) is 6.03. The third kappa shape index (κ3) is 3.87. The molecule has 0 amide bonds. The molecule has 0 saturated carbocycles. The maximum atomic E-state index is 12.7. The van der Waals surface area contributed by atoms with Gasteiger partial charge in [-0.1, -0.05) is 12.1 Å². The highest BCUT2D eigenvalue weighted by molar-refractivity contribution is 5.64. The van der Waals surface area contributed by atoms with E-state index >= 15 is 0 Å². The van der Waals surface area contributed by atoms with Crippen molar-refractivity contribution in [2.75, 3.05) is 24.3 Å². The normalized spacial score (nSPS) is 11.3. The van der Waals surface area contributed by atoms with Gasteiger partial charge in [-0.15, -0.1) is 0 Å². The first-order valence-electron chi connectivity index (χ1n) is 6.40. The minimum atomic E-state index is -4.32. The van der Waals surface area contributed by atoms with Gasteiger partial charge in [0.25, 0.3) is 0 Å². The Kier molecular flexibility index (Phi) is 4.35. The molecule has 0 atom stereocenters. The number of nitrogens with one attached hydrogen (secondary N) is 1. The number of alkyl halides is 3. The molecular weight excluding hydrogens is 279 g/mol. The Labute approximate surface area is 121 Å². The minimum absolute atomic E-state index is 0.302. The van der Waals surface area contributed by atoms with Crippen molar-refractivity contribution in [1.82, 2.24) is 4.98 Å². The van der Waals surface area contributed by atoms with Gasteiger partial charge in [0, 0.05) is 26.8 Å². The van der Waals surface area contributed by atoms with E-state index in [1.165, 1.54) is 6.07 Å². The Hall–Kier alpha value is -2.24. The lowest BCUT2D eigenvalue weighted by molar-refractivity contribution is -0.137. The van der Waals surface area contributed by atoms with E-state index in [-0.39, 0.29) is 0 Å². The smallest absolute Gasteiger partial charge is 0.378 e. The van der Waals surface area contributed by atoms with Crippen LogP contribution in [0, 0.1) is 0 Å². The van der Waals surface area contributed by atoms with E-state index in [9.17, 15) is 13.2 Å². The summed E-state index contributed by atoms with van der Waals surface area (Å²) in [4.78, 5) is 6.07. The van der Waals surface area contributed by atoms with E-state index in [0.29, 0.717) is 12.1 Å². The summed E-state index contributed by atoms with van der Waals surface area (Å²) in [7, 11) is 3.72. The number of pyridine rings is 1. The molecular formula is C15H16F3N3. The number of halogens is 3. The van der Waals surface area contributed by atoms with Crippen molar-refractivity contribution in [3.05, 3.63) is 53.7 Å². The SMILES string of the molecule is CN(C)c1ncccc1NCc1cccc(C(F)(F)F)c1. The highest BCUT2D eigenvalue weighted by Crippen LogP contribution is 2.30. The molecule has 1 aromatic heterocycles. The van der Waals surface area contributed by atoms with Crippen molar-refractivity contribution in [1.29, 1.82) is 0 Å². The molecule has 1 aromatic carbocycles. The summed E-state index contributed by atoms with van der Waals surface area (Å²) in [6.45, 7) is 0.302. The standard InChI is InChI=1S/C15H16F3N3/c1-21(2)14-13(7-4-8-19-14)20-10-11-5-3-6-12(9-11)15(16,17)18/h3-9,20H,10H2,1-2H3. The lowest BCUT2D eigenvalue weighted by Crippen LogP contribution is -2.14. The molecule has 2 rings (SSSR count). The van der Waals surface area contributed by atoms with Crippen LogP contribution in [0.2, 0.25) is 0 Å². The van der Waals surface area contributed by atoms with Gasteiger partial charge < -0.3 is 10.2 Å². The Bertz CT molecular complexity index is 609. The third-order valence-corrected chi connectivity index (χ3v) is 2.95. The van der Waals surface area contributed by atoms with E-state index in [1.54, 1.807) is 18.3 Å². The van der Waals surface area contributed by atoms with E-state index in [4.69, 9.17) is 0 Å². The van der Waals surface area contributed by atoms with Gasteiger partial charge in [-0.3, -0.25) is 0 Å². The quantitative estimate of drug-likeness (QED) is 0.930. The predicted molar refractivity (Wildman–Crippen MR) is 77.3 cm³/mol. The van der Waals surface area contributed by atoms with Gasteiger partial charge in [0.1, 0.15) is 0 Å². The van der Waals surface area contributed by atoms with Crippen molar-refractivity contribution in [2.45, 2.75) is 12.7 Å². The predicted octanol–water partition coefficient (Wildman–Crippen LogP) is 3.78. The van der Waals surface area contributed by atoms with Crippen molar-refractivity contribution < 1.29 is 13.2 Å². The summed E-state index contributed by atoms with van der Waals surface area (Å²) >= 11 is 0. The highest BCUT2D eigenvalue weighted by Gasteiger charge is 2.30. The molecule has 0 aliphatic carbocycles. The number of aromatic nitrogens is 1. The molecule has 2 aromatic rings. The van der Waals surface area contributed by atoms with E-state index < -0.39 is 11.7 Å². The summed E-state index contributed by atoms with van der Waals surface area (Å²) in [6.07, 6.45) is -2.65. The van der Waals surface area contributed by atoms with Crippen LogP contribution in [-0.2, 0) is 12.7 Å². The maximum absolute atomic E-state index is 12.7. The zero-order valence-electron chi connectivity index (χ0n) is 11.8. The highest BCUT2D eigenvalue weighted by atomic mass is 19.4. The monoisotopic (exact) mass is 295 g/mol. The molecule has 0 spiro atoms. The van der Waals surface area contributed by atoms with Gasteiger partial charge in [0.15, 0.2) is 5.82 Å². The average Bonchev–Trinajstić information content (AvgIpc) is 2.45. The Morgan fingerprint density at radius 2 is 1.90 bits per heavy atom. The molecule has 0 aliphatic rings. The van der Waals surface area contributed by atoms with Gasteiger partial charge in [-0.05, 0) is 29.8 Å². The van der Waals surface area contributed by atoms with Crippen LogP contribution in [0.4, 0.5) is 24.7 Å². The molecule has 0 fully saturated rings. The molecule has 6 heteroatoms. The van der Waals surface area contributed by atoms with Crippen LogP contribution < -0.4 is 10.2 Å². The minimum Gasteiger partial charge on any atom is -0.378 e. The lowest BCUT2D eigenvalue weighted by Gasteiger charge is -2.17. The number of anilines is 2. The number of nitrogens with zero attached hydrogens (tertiary/aromatic N) is 2.